The van der Waals surface area contributed by atoms with Gasteiger partial charge in [-0.2, -0.15) is 0 Å². The molecule has 0 fully saturated rings. The molecular weight excluding hydrogens is 158 g/mol. The molecule has 0 aliphatic rings. The first kappa shape index (κ1) is 10.3. The van der Waals surface area contributed by atoms with Crippen LogP contribution in [0.2, 0.25) is 0 Å². The Bertz CT molecular complexity index is 236. The fourth-order valence-corrected chi connectivity index (χ4v) is 1.40. The van der Waals surface area contributed by atoms with Crippen molar-refractivity contribution in [1.82, 2.24) is 0 Å². The maximum Gasteiger partial charge on any atom is -0.00367 e. The van der Waals surface area contributed by atoms with Crippen LogP contribution in [0.25, 0.3) is 0 Å². The number of hydrogen-bond acceptors (Lipinski definition) is 1. The summed E-state index contributed by atoms with van der Waals surface area (Å²) < 4.78 is 0. The van der Waals surface area contributed by atoms with Gasteiger partial charge in [-0.15, -0.1) is 0 Å². The van der Waals surface area contributed by atoms with Gasteiger partial charge in [-0.25, -0.2) is 0 Å². The van der Waals surface area contributed by atoms with Crippen LogP contribution in [0.4, 0.5) is 0 Å². The Morgan fingerprint density at radius 2 is 1.62 bits per heavy atom. The molecule has 0 saturated carbocycles. The van der Waals surface area contributed by atoms with Crippen molar-refractivity contribution in [2.75, 3.05) is 6.54 Å². The molecule has 13 heavy (non-hydrogen) atoms. The number of rotatable bonds is 4. The lowest BCUT2D eigenvalue weighted by Gasteiger charge is -2.05. The van der Waals surface area contributed by atoms with Crippen molar-refractivity contribution >= 4 is 0 Å². The Hall–Kier alpha value is -0.820. The Kier molecular flexibility index (Phi) is 3.97. The van der Waals surface area contributed by atoms with Crippen LogP contribution in [-0.4, -0.2) is 6.54 Å². The molecule has 1 aromatic carbocycles. The van der Waals surface area contributed by atoms with Gasteiger partial charge in [0, 0.05) is 0 Å². The van der Waals surface area contributed by atoms with Gasteiger partial charge in [0.2, 0.25) is 0 Å². The second kappa shape index (κ2) is 5.03. The molecule has 0 aromatic heterocycles. The van der Waals surface area contributed by atoms with E-state index in [2.05, 4.69) is 38.1 Å². The third-order valence-electron chi connectivity index (χ3n) is 2.01. The molecule has 0 aliphatic heterocycles. The minimum Gasteiger partial charge on any atom is -0.330 e. The first-order chi connectivity index (χ1) is 6.22. The normalized spacial score (nSPS) is 10.8. The van der Waals surface area contributed by atoms with Gasteiger partial charge in [0.25, 0.3) is 0 Å². The van der Waals surface area contributed by atoms with Crippen LogP contribution >= 0.6 is 0 Å². The molecule has 1 radical (unpaired) electrons. The van der Waals surface area contributed by atoms with Gasteiger partial charge >= 0.3 is 0 Å². The first-order valence-electron chi connectivity index (χ1n) is 4.79. The largest absolute Gasteiger partial charge is 0.330 e. The fraction of sp³-hybridized carbons (Fsp3) is 0.417. The van der Waals surface area contributed by atoms with Gasteiger partial charge in [0.1, 0.15) is 0 Å². The zero-order chi connectivity index (χ0) is 9.68. The molecule has 0 heterocycles. The standard InChI is InChI=1S/C12H18N/c1-10(2)9-12-5-3-11(4-6-12)7-8-13/h3-6H,7-9,13H2,1-2H3. The predicted octanol–water partition coefficient (Wildman–Crippen LogP) is 2.34. The van der Waals surface area contributed by atoms with E-state index in [1.165, 1.54) is 17.0 Å². The summed E-state index contributed by atoms with van der Waals surface area (Å²) >= 11 is 0. The first-order valence-corrected chi connectivity index (χ1v) is 4.79. The Labute approximate surface area is 81.0 Å². The summed E-state index contributed by atoms with van der Waals surface area (Å²) in [4.78, 5) is 0. The average molecular weight is 176 g/mol. The Balaban J connectivity index is 2.59. The maximum atomic E-state index is 5.48. The second-order valence-electron chi connectivity index (χ2n) is 3.74. The highest BCUT2D eigenvalue weighted by molar-refractivity contribution is 5.24. The molecule has 0 saturated heterocycles. The number of hydrogen-bond donors (Lipinski definition) is 1. The average Bonchev–Trinajstić information content (AvgIpc) is 2.08. The molecule has 0 amide bonds. The zero-order valence-corrected chi connectivity index (χ0v) is 8.51. The second-order valence-corrected chi connectivity index (χ2v) is 3.74. The van der Waals surface area contributed by atoms with Crippen LogP contribution in [0.5, 0.6) is 0 Å². The summed E-state index contributed by atoms with van der Waals surface area (Å²) in [7, 11) is 0. The monoisotopic (exact) mass is 176 g/mol. The highest BCUT2D eigenvalue weighted by atomic mass is 14.5. The van der Waals surface area contributed by atoms with E-state index in [0.717, 1.165) is 19.4 Å². The van der Waals surface area contributed by atoms with E-state index in [4.69, 9.17) is 5.73 Å². The topological polar surface area (TPSA) is 26.0 Å². The molecule has 1 rings (SSSR count). The summed E-state index contributed by atoms with van der Waals surface area (Å²) in [5.41, 5.74) is 8.20. The van der Waals surface area contributed by atoms with Crippen LogP contribution in [0, 0.1) is 5.92 Å². The van der Waals surface area contributed by atoms with Crippen molar-refractivity contribution in [3.8, 4) is 0 Å². The lowest BCUT2D eigenvalue weighted by molar-refractivity contribution is 0.943. The van der Waals surface area contributed by atoms with Gasteiger partial charge in [-0.1, -0.05) is 38.1 Å². The van der Waals surface area contributed by atoms with Crippen molar-refractivity contribution < 1.29 is 0 Å². The quantitative estimate of drug-likeness (QED) is 0.748. The highest BCUT2D eigenvalue weighted by Gasteiger charge is 1.97. The van der Waals surface area contributed by atoms with Crippen molar-refractivity contribution in [2.45, 2.75) is 26.7 Å². The van der Waals surface area contributed by atoms with E-state index in [-0.39, 0.29) is 0 Å². The maximum absolute atomic E-state index is 5.48. The van der Waals surface area contributed by atoms with Gasteiger partial charge < -0.3 is 5.73 Å². The molecule has 1 nitrogen and oxygen atoms in total. The Morgan fingerprint density at radius 3 is 2.08 bits per heavy atom. The minimum absolute atomic E-state index is 0.734. The molecule has 0 bridgehead atoms. The highest BCUT2D eigenvalue weighted by Crippen LogP contribution is 2.10. The van der Waals surface area contributed by atoms with Crippen molar-refractivity contribution in [2.24, 2.45) is 5.73 Å². The molecule has 0 unspecified atom stereocenters. The van der Waals surface area contributed by atoms with Crippen LogP contribution < -0.4 is 5.73 Å². The van der Waals surface area contributed by atoms with E-state index in [0.29, 0.717) is 0 Å². The fourth-order valence-electron chi connectivity index (χ4n) is 1.40. The summed E-state index contributed by atoms with van der Waals surface area (Å²) in [5.74, 6) is 1.45. The van der Waals surface area contributed by atoms with Crippen molar-refractivity contribution in [3.63, 3.8) is 0 Å². The van der Waals surface area contributed by atoms with E-state index >= 15 is 0 Å². The van der Waals surface area contributed by atoms with Crippen LogP contribution in [0.3, 0.4) is 0 Å². The zero-order valence-electron chi connectivity index (χ0n) is 8.51. The lowest BCUT2D eigenvalue weighted by Crippen LogP contribution is -2.02. The third kappa shape index (κ3) is 3.60. The predicted molar refractivity (Wildman–Crippen MR) is 57.5 cm³/mol. The van der Waals surface area contributed by atoms with Crippen LogP contribution in [0.1, 0.15) is 25.0 Å². The van der Waals surface area contributed by atoms with Gasteiger partial charge in [-0.05, 0) is 36.4 Å². The minimum atomic E-state index is 0.734. The van der Waals surface area contributed by atoms with Crippen LogP contribution in [-0.2, 0) is 12.8 Å². The summed E-state index contributed by atoms with van der Waals surface area (Å²) in [6, 6.07) is 8.73. The van der Waals surface area contributed by atoms with Crippen molar-refractivity contribution in [1.29, 1.82) is 0 Å². The molecule has 0 aliphatic carbocycles. The number of benzene rings is 1. The third-order valence-corrected chi connectivity index (χ3v) is 2.01. The molecule has 1 heteroatoms. The van der Waals surface area contributed by atoms with E-state index < -0.39 is 0 Å². The molecule has 2 N–H and O–H groups in total. The molecule has 0 spiro atoms. The van der Waals surface area contributed by atoms with Gasteiger partial charge in [0.05, 0.1) is 0 Å². The number of nitrogens with two attached hydrogens (primary N) is 1. The van der Waals surface area contributed by atoms with E-state index in [9.17, 15) is 0 Å². The van der Waals surface area contributed by atoms with Gasteiger partial charge in [-0.3, -0.25) is 0 Å². The summed E-state index contributed by atoms with van der Waals surface area (Å²) in [5, 5.41) is 0. The van der Waals surface area contributed by atoms with Gasteiger partial charge in [0.15, 0.2) is 0 Å². The van der Waals surface area contributed by atoms with Crippen molar-refractivity contribution in [3.05, 3.63) is 41.3 Å². The smallest absolute Gasteiger partial charge is 0.00367 e. The SMILES string of the molecule is C[C](C)Cc1ccc(CCN)cc1. The summed E-state index contributed by atoms with van der Waals surface area (Å²) in [6.45, 7) is 5.06. The van der Waals surface area contributed by atoms with Crippen LogP contribution in [0.15, 0.2) is 24.3 Å². The molecular formula is C12H18N. The molecule has 71 valence electrons. The molecule has 1 aromatic rings. The van der Waals surface area contributed by atoms with E-state index in [1.807, 2.05) is 0 Å². The molecule has 0 atom stereocenters. The summed E-state index contributed by atoms with van der Waals surface area (Å²) in [6.07, 6.45) is 2.07. The van der Waals surface area contributed by atoms with E-state index in [1.54, 1.807) is 0 Å². The Morgan fingerprint density at radius 1 is 1.08 bits per heavy atom. The lowest BCUT2D eigenvalue weighted by atomic mass is 10.0.